The van der Waals surface area contributed by atoms with Gasteiger partial charge in [0.15, 0.2) is 11.5 Å². The topological polar surface area (TPSA) is 95.4 Å². The van der Waals surface area contributed by atoms with Gasteiger partial charge in [0.25, 0.3) is 5.91 Å². The maximum Gasteiger partial charge on any atom is 0.305 e. The second-order valence-electron chi connectivity index (χ2n) is 4.37. The predicted octanol–water partition coefficient (Wildman–Crippen LogP) is 0.281. The van der Waals surface area contributed by atoms with Gasteiger partial charge in [-0.1, -0.05) is 0 Å². The first-order valence-electron chi connectivity index (χ1n) is 6.25. The lowest BCUT2D eigenvalue weighted by Crippen LogP contribution is -2.27. The van der Waals surface area contributed by atoms with E-state index >= 15 is 0 Å². The molecule has 0 bridgehead atoms. The van der Waals surface area contributed by atoms with Crippen LogP contribution in [0.2, 0.25) is 0 Å². The number of carboxylic acids is 1. The Morgan fingerprint density at radius 1 is 1.26 bits per heavy atom. The molecular formula is C12H16N4O3. The number of amides is 1. The minimum atomic E-state index is -0.948. The Bertz CT molecular complexity index is 455. The van der Waals surface area contributed by atoms with E-state index in [9.17, 15) is 9.59 Å². The van der Waals surface area contributed by atoms with E-state index in [1.54, 1.807) is 12.1 Å². The molecule has 1 amide bonds. The van der Waals surface area contributed by atoms with Gasteiger partial charge in [0.05, 0.1) is 6.42 Å². The van der Waals surface area contributed by atoms with E-state index in [4.69, 9.17) is 5.11 Å². The zero-order valence-corrected chi connectivity index (χ0v) is 10.5. The molecule has 7 nitrogen and oxygen atoms in total. The fourth-order valence-electron chi connectivity index (χ4n) is 1.93. The Labute approximate surface area is 110 Å². The molecule has 0 aliphatic carbocycles. The summed E-state index contributed by atoms with van der Waals surface area (Å²) in [6.07, 6.45) is 2.20. The van der Waals surface area contributed by atoms with Gasteiger partial charge in [-0.25, -0.2) is 0 Å². The van der Waals surface area contributed by atoms with Gasteiger partial charge in [-0.05, 0) is 25.0 Å². The zero-order valence-electron chi connectivity index (χ0n) is 10.5. The first kappa shape index (κ1) is 13.3. The molecule has 0 aromatic carbocycles. The fraction of sp³-hybridized carbons (Fsp3) is 0.500. The van der Waals surface area contributed by atoms with E-state index in [0.717, 1.165) is 31.7 Å². The summed E-state index contributed by atoms with van der Waals surface area (Å²) in [5, 5.41) is 18.8. The summed E-state index contributed by atoms with van der Waals surface area (Å²) in [5.41, 5.74) is 0.202. The fourth-order valence-corrected chi connectivity index (χ4v) is 1.93. The number of nitrogens with one attached hydrogen (secondary N) is 1. The molecule has 0 spiro atoms. The average molecular weight is 264 g/mol. The number of carbonyl (C=O) groups excluding carboxylic acids is 1. The second-order valence-corrected chi connectivity index (χ2v) is 4.37. The van der Waals surface area contributed by atoms with Crippen molar-refractivity contribution < 1.29 is 14.7 Å². The molecule has 1 aliphatic rings. The van der Waals surface area contributed by atoms with Crippen molar-refractivity contribution in [3.8, 4) is 0 Å². The Hall–Kier alpha value is -2.18. The van der Waals surface area contributed by atoms with Crippen molar-refractivity contribution >= 4 is 17.7 Å². The van der Waals surface area contributed by atoms with Gasteiger partial charge in [-0.15, -0.1) is 10.2 Å². The molecule has 1 saturated heterocycles. The standard InChI is InChI=1S/C12H16N4O3/c17-11(18)5-6-13-12(19)9-3-4-10(15-14-9)16-7-1-2-8-16/h3-4H,1-2,5-8H2,(H,13,19)(H,17,18). The second kappa shape index (κ2) is 6.12. The Balaban J connectivity index is 1.90. The molecular weight excluding hydrogens is 248 g/mol. The zero-order chi connectivity index (χ0) is 13.7. The van der Waals surface area contributed by atoms with Crippen LogP contribution in [0.1, 0.15) is 29.8 Å². The molecule has 0 unspecified atom stereocenters. The number of nitrogens with zero attached hydrogens (tertiary/aromatic N) is 3. The van der Waals surface area contributed by atoms with E-state index in [1.165, 1.54) is 0 Å². The molecule has 19 heavy (non-hydrogen) atoms. The Kier molecular flexibility index (Phi) is 4.27. The summed E-state index contributed by atoms with van der Waals surface area (Å²) in [6.45, 7) is 2.03. The highest BCUT2D eigenvalue weighted by Crippen LogP contribution is 2.16. The van der Waals surface area contributed by atoms with Crippen molar-refractivity contribution in [1.82, 2.24) is 15.5 Å². The highest BCUT2D eigenvalue weighted by molar-refractivity contribution is 5.92. The Morgan fingerprint density at radius 2 is 2.00 bits per heavy atom. The summed E-state index contributed by atoms with van der Waals surface area (Å²) >= 11 is 0. The lowest BCUT2D eigenvalue weighted by Gasteiger charge is -2.15. The summed E-state index contributed by atoms with van der Waals surface area (Å²) in [7, 11) is 0. The normalized spacial score (nSPS) is 14.4. The molecule has 102 valence electrons. The van der Waals surface area contributed by atoms with E-state index in [1.807, 2.05) is 0 Å². The maximum atomic E-state index is 11.6. The van der Waals surface area contributed by atoms with Gasteiger partial charge in [0.1, 0.15) is 0 Å². The highest BCUT2D eigenvalue weighted by atomic mass is 16.4. The third-order valence-corrected chi connectivity index (χ3v) is 2.94. The molecule has 1 aromatic rings. The summed E-state index contributed by atoms with van der Waals surface area (Å²) < 4.78 is 0. The number of aliphatic carboxylic acids is 1. The summed E-state index contributed by atoms with van der Waals surface area (Å²) in [6, 6.07) is 3.38. The van der Waals surface area contributed by atoms with Crippen molar-refractivity contribution in [2.45, 2.75) is 19.3 Å². The molecule has 1 aliphatic heterocycles. The lowest BCUT2D eigenvalue weighted by molar-refractivity contribution is -0.136. The number of hydrogen-bond donors (Lipinski definition) is 2. The third-order valence-electron chi connectivity index (χ3n) is 2.94. The number of aromatic nitrogens is 2. The van der Waals surface area contributed by atoms with Crippen LogP contribution in [0.15, 0.2) is 12.1 Å². The number of anilines is 1. The minimum Gasteiger partial charge on any atom is -0.481 e. The summed E-state index contributed by atoms with van der Waals surface area (Å²) in [4.78, 5) is 24.1. The molecule has 1 fully saturated rings. The van der Waals surface area contributed by atoms with Crippen LogP contribution in [0.5, 0.6) is 0 Å². The highest BCUT2D eigenvalue weighted by Gasteiger charge is 2.15. The van der Waals surface area contributed by atoms with Crippen molar-refractivity contribution in [2.75, 3.05) is 24.5 Å². The van der Waals surface area contributed by atoms with Gasteiger partial charge in [-0.2, -0.15) is 0 Å². The molecule has 0 radical (unpaired) electrons. The number of carbonyl (C=O) groups is 2. The lowest BCUT2D eigenvalue weighted by atomic mass is 10.3. The molecule has 0 atom stereocenters. The monoisotopic (exact) mass is 264 g/mol. The van der Waals surface area contributed by atoms with Gasteiger partial charge in [0.2, 0.25) is 0 Å². The van der Waals surface area contributed by atoms with Gasteiger partial charge >= 0.3 is 5.97 Å². The average Bonchev–Trinajstić information content (AvgIpc) is 2.92. The summed E-state index contributed by atoms with van der Waals surface area (Å²) in [5.74, 6) is -0.572. The molecule has 2 N–H and O–H groups in total. The molecule has 2 heterocycles. The predicted molar refractivity (Wildman–Crippen MR) is 68.1 cm³/mol. The van der Waals surface area contributed by atoms with Crippen molar-refractivity contribution in [3.63, 3.8) is 0 Å². The largest absolute Gasteiger partial charge is 0.481 e. The van der Waals surface area contributed by atoms with Gasteiger partial charge in [0, 0.05) is 19.6 Å². The molecule has 0 saturated carbocycles. The van der Waals surface area contributed by atoms with Crippen LogP contribution < -0.4 is 10.2 Å². The number of hydrogen-bond acceptors (Lipinski definition) is 5. The van der Waals surface area contributed by atoms with Crippen molar-refractivity contribution in [2.24, 2.45) is 0 Å². The van der Waals surface area contributed by atoms with Crippen LogP contribution in [0, 0.1) is 0 Å². The van der Waals surface area contributed by atoms with E-state index in [0.29, 0.717) is 0 Å². The first-order valence-corrected chi connectivity index (χ1v) is 6.25. The van der Waals surface area contributed by atoms with Crippen LogP contribution in [0.25, 0.3) is 0 Å². The van der Waals surface area contributed by atoms with Crippen LogP contribution in [-0.4, -0.2) is 46.8 Å². The number of carboxylic acid groups (broad SMARTS) is 1. The number of rotatable bonds is 5. The Morgan fingerprint density at radius 3 is 2.58 bits per heavy atom. The quantitative estimate of drug-likeness (QED) is 0.793. The minimum absolute atomic E-state index is 0.0870. The van der Waals surface area contributed by atoms with Gasteiger partial charge < -0.3 is 15.3 Å². The van der Waals surface area contributed by atoms with Crippen LogP contribution in [-0.2, 0) is 4.79 Å². The van der Waals surface area contributed by atoms with E-state index < -0.39 is 11.9 Å². The SMILES string of the molecule is O=C(O)CCNC(=O)c1ccc(N2CCCC2)nn1. The van der Waals surface area contributed by atoms with Crippen LogP contribution in [0.3, 0.4) is 0 Å². The third kappa shape index (κ3) is 3.64. The van der Waals surface area contributed by atoms with E-state index in [2.05, 4.69) is 20.4 Å². The van der Waals surface area contributed by atoms with Crippen molar-refractivity contribution in [3.05, 3.63) is 17.8 Å². The molecule has 7 heteroatoms. The smallest absolute Gasteiger partial charge is 0.305 e. The maximum absolute atomic E-state index is 11.6. The van der Waals surface area contributed by atoms with Crippen LogP contribution in [0.4, 0.5) is 5.82 Å². The van der Waals surface area contributed by atoms with Gasteiger partial charge in [-0.3, -0.25) is 9.59 Å². The molecule has 2 rings (SSSR count). The van der Waals surface area contributed by atoms with Crippen molar-refractivity contribution in [1.29, 1.82) is 0 Å². The first-order chi connectivity index (χ1) is 9.16. The van der Waals surface area contributed by atoms with E-state index in [-0.39, 0.29) is 18.7 Å². The molecule has 1 aromatic heterocycles. The van der Waals surface area contributed by atoms with Crippen LogP contribution >= 0.6 is 0 Å².